The third kappa shape index (κ3) is 3.45. The Bertz CT molecular complexity index is 562. The Morgan fingerprint density at radius 2 is 1.65 bits per heavy atom. The van der Waals surface area contributed by atoms with Crippen molar-refractivity contribution in [3.8, 4) is 11.8 Å². The van der Waals surface area contributed by atoms with Gasteiger partial charge < -0.3 is 15.1 Å². The number of quaternary nitrogens is 1. The summed E-state index contributed by atoms with van der Waals surface area (Å²) in [4.78, 5) is 1.50. The molecule has 1 aliphatic heterocycles. The van der Waals surface area contributed by atoms with E-state index in [2.05, 4.69) is 11.8 Å². The summed E-state index contributed by atoms with van der Waals surface area (Å²) < 4.78 is 0. The van der Waals surface area contributed by atoms with Crippen LogP contribution in [0.3, 0.4) is 0 Å². The maximum absolute atomic E-state index is 11.3. The van der Waals surface area contributed by atoms with Crippen molar-refractivity contribution in [1.29, 1.82) is 0 Å². The Balaban J connectivity index is 1.84. The first kappa shape index (κ1) is 16.5. The van der Waals surface area contributed by atoms with E-state index in [1.807, 2.05) is 30.3 Å². The highest BCUT2D eigenvalue weighted by Crippen LogP contribution is 2.43. The van der Waals surface area contributed by atoms with Crippen molar-refractivity contribution in [2.45, 2.75) is 56.1 Å². The van der Waals surface area contributed by atoms with Crippen LogP contribution in [0.2, 0.25) is 0 Å². The van der Waals surface area contributed by atoms with Crippen molar-refractivity contribution < 1.29 is 15.1 Å². The van der Waals surface area contributed by atoms with Crippen LogP contribution in [-0.4, -0.2) is 35.4 Å². The van der Waals surface area contributed by atoms with Crippen LogP contribution >= 0.6 is 0 Å². The molecule has 0 aromatic heterocycles. The first-order valence-electron chi connectivity index (χ1n) is 8.98. The molecule has 1 heterocycles. The van der Waals surface area contributed by atoms with Gasteiger partial charge in [-0.25, -0.2) is 0 Å². The van der Waals surface area contributed by atoms with E-state index >= 15 is 0 Å². The third-order valence-corrected chi connectivity index (χ3v) is 5.46. The SMILES string of the molecule is OC1([C@@](O)(C#CC[NH+]2CCCCC2)c2ccccc2)CCCC1. The van der Waals surface area contributed by atoms with E-state index in [-0.39, 0.29) is 0 Å². The molecular weight excluding hydrogens is 286 g/mol. The molecule has 0 radical (unpaired) electrons. The molecule has 3 N–H and O–H groups in total. The van der Waals surface area contributed by atoms with E-state index in [4.69, 9.17) is 0 Å². The van der Waals surface area contributed by atoms with Crippen molar-refractivity contribution in [3.63, 3.8) is 0 Å². The average Bonchev–Trinajstić information content (AvgIpc) is 3.05. The summed E-state index contributed by atoms with van der Waals surface area (Å²) in [5, 5.41) is 22.4. The fourth-order valence-electron chi connectivity index (χ4n) is 3.98. The van der Waals surface area contributed by atoms with E-state index in [0.717, 1.165) is 19.4 Å². The molecule has 1 aromatic carbocycles. The van der Waals surface area contributed by atoms with Crippen molar-refractivity contribution in [1.82, 2.24) is 0 Å². The highest BCUT2D eigenvalue weighted by Gasteiger charge is 2.51. The molecule has 1 saturated heterocycles. The minimum atomic E-state index is -1.46. The molecule has 0 unspecified atom stereocenters. The van der Waals surface area contributed by atoms with Gasteiger partial charge in [0.25, 0.3) is 0 Å². The number of hydrogen-bond donors (Lipinski definition) is 3. The molecule has 3 nitrogen and oxygen atoms in total. The topological polar surface area (TPSA) is 44.9 Å². The predicted molar refractivity (Wildman–Crippen MR) is 90.9 cm³/mol. The number of piperidine rings is 1. The second-order valence-corrected chi connectivity index (χ2v) is 7.10. The minimum Gasteiger partial charge on any atom is -0.385 e. The summed E-state index contributed by atoms with van der Waals surface area (Å²) in [7, 11) is 0. The monoisotopic (exact) mass is 314 g/mol. The molecule has 124 valence electrons. The third-order valence-electron chi connectivity index (χ3n) is 5.46. The van der Waals surface area contributed by atoms with Crippen LogP contribution < -0.4 is 4.90 Å². The number of nitrogens with one attached hydrogen (secondary N) is 1. The van der Waals surface area contributed by atoms with Crippen LogP contribution in [0.5, 0.6) is 0 Å². The summed E-state index contributed by atoms with van der Waals surface area (Å²) in [5.74, 6) is 6.28. The number of aliphatic hydroxyl groups is 2. The number of hydrogen-bond acceptors (Lipinski definition) is 2. The van der Waals surface area contributed by atoms with E-state index in [1.165, 1.54) is 37.3 Å². The van der Waals surface area contributed by atoms with Gasteiger partial charge in [-0.05, 0) is 43.6 Å². The summed E-state index contributed by atoms with van der Waals surface area (Å²) in [6, 6.07) is 9.47. The van der Waals surface area contributed by atoms with Crippen LogP contribution in [0.25, 0.3) is 0 Å². The molecule has 1 aromatic rings. The van der Waals surface area contributed by atoms with Crippen molar-refractivity contribution in [2.24, 2.45) is 0 Å². The molecule has 1 atom stereocenters. The molecule has 3 rings (SSSR count). The lowest BCUT2D eigenvalue weighted by Gasteiger charge is -2.37. The first-order chi connectivity index (χ1) is 11.1. The summed E-state index contributed by atoms with van der Waals surface area (Å²) in [5.41, 5.74) is -1.87. The van der Waals surface area contributed by atoms with Gasteiger partial charge in [-0.2, -0.15) is 0 Å². The number of rotatable bonds is 3. The summed E-state index contributed by atoms with van der Waals surface area (Å²) >= 11 is 0. The Morgan fingerprint density at radius 3 is 2.30 bits per heavy atom. The Labute approximate surface area is 139 Å². The van der Waals surface area contributed by atoms with E-state index in [0.29, 0.717) is 18.4 Å². The first-order valence-corrected chi connectivity index (χ1v) is 8.98. The largest absolute Gasteiger partial charge is 0.385 e. The Hall–Kier alpha value is -1.34. The highest BCUT2D eigenvalue weighted by atomic mass is 16.4. The van der Waals surface area contributed by atoms with Gasteiger partial charge in [0.1, 0.15) is 12.1 Å². The quantitative estimate of drug-likeness (QED) is 0.735. The van der Waals surface area contributed by atoms with Crippen LogP contribution in [0.4, 0.5) is 0 Å². The van der Waals surface area contributed by atoms with Crippen molar-refractivity contribution in [2.75, 3.05) is 19.6 Å². The lowest BCUT2D eigenvalue weighted by Crippen LogP contribution is -3.12. The maximum atomic E-state index is 11.3. The molecule has 1 saturated carbocycles. The smallest absolute Gasteiger partial charge is 0.180 e. The summed E-state index contributed by atoms with van der Waals surface area (Å²) in [6.45, 7) is 3.09. The van der Waals surface area contributed by atoms with Crippen molar-refractivity contribution in [3.05, 3.63) is 35.9 Å². The zero-order valence-corrected chi connectivity index (χ0v) is 13.9. The Morgan fingerprint density at radius 1 is 1.00 bits per heavy atom. The molecule has 3 heteroatoms. The highest BCUT2D eigenvalue weighted by molar-refractivity contribution is 5.36. The van der Waals surface area contributed by atoms with Crippen LogP contribution in [-0.2, 0) is 5.60 Å². The number of benzene rings is 1. The molecular formula is C20H28NO2+. The molecule has 0 spiro atoms. The average molecular weight is 314 g/mol. The second-order valence-electron chi connectivity index (χ2n) is 7.10. The lowest BCUT2D eigenvalue weighted by atomic mass is 9.76. The van der Waals surface area contributed by atoms with Gasteiger partial charge in [-0.1, -0.05) is 49.1 Å². The lowest BCUT2D eigenvalue weighted by molar-refractivity contribution is -0.897. The fourth-order valence-corrected chi connectivity index (χ4v) is 3.98. The normalized spacial score (nSPS) is 23.7. The van der Waals surface area contributed by atoms with Gasteiger partial charge in [-0.15, -0.1) is 0 Å². The fraction of sp³-hybridized carbons (Fsp3) is 0.600. The van der Waals surface area contributed by atoms with E-state index in [9.17, 15) is 10.2 Å². The van der Waals surface area contributed by atoms with Gasteiger partial charge in [0.2, 0.25) is 0 Å². The Kier molecular flexibility index (Phi) is 5.06. The van der Waals surface area contributed by atoms with Crippen LogP contribution in [0.15, 0.2) is 30.3 Å². The summed E-state index contributed by atoms with van der Waals surface area (Å²) in [6.07, 6.45) is 6.99. The zero-order valence-electron chi connectivity index (χ0n) is 13.9. The van der Waals surface area contributed by atoms with Crippen molar-refractivity contribution >= 4 is 0 Å². The van der Waals surface area contributed by atoms with Gasteiger partial charge in [0.05, 0.1) is 13.1 Å². The van der Waals surface area contributed by atoms with Crippen LogP contribution in [0.1, 0.15) is 50.5 Å². The van der Waals surface area contributed by atoms with Crippen LogP contribution in [0, 0.1) is 11.8 Å². The number of likely N-dealkylation sites (tertiary alicyclic amines) is 1. The van der Waals surface area contributed by atoms with E-state index in [1.54, 1.807) is 0 Å². The standard InChI is InChI=1S/C20H27NO2/c22-19(12-5-6-13-19)20(23,18-10-3-1-4-11-18)14-9-17-21-15-7-2-8-16-21/h1,3-4,10-11,22-23H,2,5-8,12-13,15-17H2/p+1/t20-/m1/s1. The maximum Gasteiger partial charge on any atom is 0.180 e. The predicted octanol–water partition coefficient (Wildman–Crippen LogP) is 1.25. The second kappa shape index (κ2) is 7.05. The van der Waals surface area contributed by atoms with Gasteiger partial charge in [0, 0.05) is 0 Å². The van der Waals surface area contributed by atoms with Gasteiger partial charge >= 0.3 is 0 Å². The van der Waals surface area contributed by atoms with E-state index < -0.39 is 11.2 Å². The minimum absolute atomic E-state index is 0.615. The zero-order chi connectivity index (χ0) is 16.2. The molecule has 23 heavy (non-hydrogen) atoms. The molecule has 0 amide bonds. The molecule has 2 fully saturated rings. The molecule has 2 aliphatic rings. The molecule has 0 bridgehead atoms. The van der Waals surface area contributed by atoms with Gasteiger partial charge in [-0.3, -0.25) is 0 Å². The molecule has 1 aliphatic carbocycles. The van der Waals surface area contributed by atoms with Gasteiger partial charge in [0.15, 0.2) is 5.60 Å².